The van der Waals surface area contributed by atoms with Gasteiger partial charge in [-0.1, -0.05) is 12.5 Å². The lowest BCUT2D eigenvalue weighted by Crippen LogP contribution is -2.36. The Morgan fingerprint density at radius 2 is 2.03 bits per heavy atom. The molecule has 2 aromatic rings. The number of ketones is 1. The van der Waals surface area contributed by atoms with Gasteiger partial charge in [0.05, 0.1) is 11.1 Å². The van der Waals surface area contributed by atoms with E-state index in [2.05, 4.69) is 11.8 Å². The Morgan fingerprint density at radius 1 is 1.17 bits per heavy atom. The number of piperidine rings is 1. The van der Waals surface area contributed by atoms with Gasteiger partial charge in [-0.2, -0.15) is 0 Å². The van der Waals surface area contributed by atoms with Gasteiger partial charge in [0.25, 0.3) is 0 Å². The van der Waals surface area contributed by atoms with Crippen LogP contribution in [0.1, 0.15) is 47.7 Å². The van der Waals surface area contributed by atoms with Crippen molar-refractivity contribution in [3.63, 3.8) is 0 Å². The van der Waals surface area contributed by atoms with Crippen LogP contribution in [-0.2, 0) is 6.54 Å². The summed E-state index contributed by atoms with van der Waals surface area (Å²) in [7, 11) is 0. The topological polar surface area (TPSA) is 68.2 Å². The van der Waals surface area contributed by atoms with Gasteiger partial charge in [-0.25, -0.2) is 0 Å². The molecule has 1 atom stereocenters. The van der Waals surface area contributed by atoms with Crippen LogP contribution in [0.4, 0.5) is 0 Å². The molecule has 29 heavy (non-hydrogen) atoms. The fourth-order valence-electron chi connectivity index (χ4n) is 4.20. The van der Waals surface area contributed by atoms with Gasteiger partial charge in [-0.3, -0.25) is 9.69 Å². The number of carbonyl (C=O) groups is 1. The first-order chi connectivity index (χ1) is 14.1. The summed E-state index contributed by atoms with van der Waals surface area (Å²) in [5, 5.41) is 10.5. The van der Waals surface area contributed by atoms with Crippen LogP contribution >= 0.6 is 0 Å². The summed E-state index contributed by atoms with van der Waals surface area (Å²) in [5.41, 5.74) is 1.97. The predicted octanol–water partition coefficient (Wildman–Crippen LogP) is 4.11. The highest BCUT2D eigenvalue weighted by atomic mass is 16.7. The molecule has 0 aliphatic carbocycles. The number of likely N-dealkylation sites (tertiary alicyclic amines) is 1. The number of aromatic hydroxyl groups is 1. The minimum atomic E-state index is -0.175. The highest BCUT2D eigenvalue weighted by Gasteiger charge is 2.32. The van der Waals surface area contributed by atoms with E-state index in [4.69, 9.17) is 14.2 Å². The lowest BCUT2D eigenvalue weighted by molar-refractivity contribution is 0.101. The molecule has 0 radical (unpaired) electrons. The molecule has 2 aromatic carbocycles. The second kappa shape index (κ2) is 7.12. The van der Waals surface area contributed by atoms with Crippen LogP contribution in [0.3, 0.4) is 0 Å². The molecule has 3 aliphatic rings. The van der Waals surface area contributed by atoms with Gasteiger partial charge >= 0.3 is 0 Å². The zero-order chi connectivity index (χ0) is 20.0. The molecule has 0 amide bonds. The van der Waals surface area contributed by atoms with Crippen molar-refractivity contribution in [2.24, 2.45) is 0 Å². The van der Waals surface area contributed by atoms with E-state index in [-0.39, 0.29) is 24.1 Å². The lowest BCUT2D eigenvalue weighted by atomic mass is 10.0. The zero-order valence-corrected chi connectivity index (χ0v) is 16.3. The number of ether oxygens (including phenoxy) is 3. The summed E-state index contributed by atoms with van der Waals surface area (Å²) < 4.78 is 16.7. The van der Waals surface area contributed by atoms with E-state index in [1.807, 2.05) is 18.2 Å². The monoisotopic (exact) mass is 393 g/mol. The standard InChI is InChI=1S/C23H23NO5/c1-14-4-2-3-9-24(14)12-17-18(25)7-6-16-22(26)21(29-23(16)17)11-15-5-8-19-20(10-15)28-13-27-19/h5-8,10-11,14,25H,2-4,9,12-13H2,1H3/t14-/m1/s1. The molecule has 0 saturated carbocycles. The van der Waals surface area contributed by atoms with Crippen molar-refractivity contribution in [2.45, 2.75) is 38.8 Å². The van der Waals surface area contributed by atoms with Crippen LogP contribution in [0.5, 0.6) is 23.0 Å². The number of carbonyl (C=O) groups excluding carboxylic acids is 1. The summed E-state index contributed by atoms with van der Waals surface area (Å²) in [6.45, 7) is 3.96. The van der Waals surface area contributed by atoms with Crippen LogP contribution in [0.15, 0.2) is 36.1 Å². The molecule has 0 spiro atoms. The predicted molar refractivity (Wildman–Crippen MR) is 107 cm³/mol. The Balaban J connectivity index is 1.45. The summed E-state index contributed by atoms with van der Waals surface area (Å²) in [6.07, 6.45) is 5.22. The Labute approximate surface area is 169 Å². The molecule has 3 heterocycles. The van der Waals surface area contributed by atoms with E-state index < -0.39 is 0 Å². The van der Waals surface area contributed by atoms with Crippen LogP contribution in [0.2, 0.25) is 0 Å². The molecule has 3 aliphatic heterocycles. The average molecular weight is 393 g/mol. The molecule has 150 valence electrons. The molecule has 0 bridgehead atoms. The fraction of sp³-hybridized carbons (Fsp3) is 0.348. The Hall–Kier alpha value is -2.99. The normalized spacial score (nSPS) is 22.0. The van der Waals surface area contributed by atoms with E-state index in [9.17, 15) is 9.90 Å². The van der Waals surface area contributed by atoms with Crippen LogP contribution in [0.25, 0.3) is 6.08 Å². The molecule has 5 rings (SSSR count). The largest absolute Gasteiger partial charge is 0.507 e. The summed E-state index contributed by atoms with van der Waals surface area (Å²) in [6, 6.07) is 9.16. The van der Waals surface area contributed by atoms with Crippen LogP contribution in [0, 0.1) is 0 Å². The van der Waals surface area contributed by atoms with Crippen LogP contribution < -0.4 is 14.2 Å². The number of hydrogen-bond donors (Lipinski definition) is 1. The molecular weight excluding hydrogens is 370 g/mol. The molecule has 1 fully saturated rings. The number of benzene rings is 2. The molecule has 6 nitrogen and oxygen atoms in total. The molecular formula is C23H23NO5. The Bertz CT molecular complexity index is 1010. The average Bonchev–Trinajstić information content (AvgIpc) is 3.30. The SMILES string of the molecule is C[C@@H]1CCCCN1Cc1c(O)ccc2c1OC(=Cc1ccc3c(c1)OCO3)C2=O. The number of nitrogens with zero attached hydrogens (tertiary/aromatic N) is 1. The van der Waals surface area contributed by atoms with Crippen LogP contribution in [-0.4, -0.2) is 35.2 Å². The second-order valence-corrected chi connectivity index (χ2v) is 7.81. The zero-order valence-electron chi connectivity index (χ0n) is 16.3. The lowest BCUT2D eigenvalue weighted by Gasteiger charge is -2.33. The number of hydrogen-bond acceptors (Lipinski definition) is 6. The van der Waals surface area contributed by atoms with Crippen molar-refractivity contribution in [1.82, 2.24) is 4.90 Å². The number of rotatable bonds is 3. The minimum Gasteiger partial charge on any atom is -0.507 e. The molecule has 0 unspecified atom stereocenters. The van der Waals surface area contributed by atoms with Crippen molar-refractivity contribution in [1.29, 1.82) is 0 Å². The quantitative estimate of drug-likeness (QED) is 0.792. The maximum Gasteiger partial charge on any atom is 0.231 e. The van der Waals surface area contributed by atoms with Crippen molar-refractivity contribution >= 4 is 11.9 Å². The Kier molecular flexibility index (Phi) is 4.43. The van der Waals surface area contributed by atoms with Crippen molar-refractivity contribution in [2.75, 3.05) is 13.3 Å². The maximum atomic E-state index is 12.9. The van der Waals surface area contributed by atoms with Crippen molar-refractivity contribution < 1.29 is 24.1 Å². The number of Topliss-reactive ketones (excluding diaryl/α,β-unsaturated/α-hetero) is 1. The van der Waals surface area contributed by atoms with Gasteiger partial charge in [-0.05, 0) is 62.2 Å². The number of phenols is 1. The van der Waals surface area contributed by atoms with E-state index in [1.54, 1.807) is 18.2 Å². The highest BCUT2D eigenvalue weighted by molar-refractivity contribution is 6.15. The highest BCUT2D eigenvalue weighted by Crippen LogP contribution is 2.41. The third-order valence-electron chi connectivity index (χ3n) is 5.91. The first kappa shape index (κ1) is 18.1. The maximum absolute atomic E-state index is 12.9. The van der Waals surface area contributed by atoms with Gasteiger partial charge in [0.1, 0.15) is 11.5 Å². The molecule has 6 heteroatoms. The summed E-state index contributed by atoms with van der Waals surface area (Å²) in [5.74, 6) is 2.05. The van der Waals surface area contributed by atoms with E-state index in [0.717, 1.165) is 24.9 Å². The van der Waals surface area contributed by atoms with Gasteiger partial charge < -0.3 is 19.3 Å². The Morgan fingerprint density at radius 3 is 2.90 bits per heavy atom. The smallest absolute Gasteiger partial charge is 0.231 e. The summed E-state index contributed by atoms with van der Waals surface area (Å²) >= 11 is 0. The fourth-order valence-corrected chi connectivity index (χ4v) is 4.20. The molecule has 1 saturated heterocycles. The number of allylic oxidation sites excluding steroid dienone is 1. The third kappa shape index (κ3) is 3.23. The number of fused-ring (bicyclic) bond motifs is 2. The van der Waals surface area contributed by atoms with E-state index >= 15 is 0 Å². The summed E-state index contributed by atoms with van der Waals surface area (Å²) in [4.78, 5) is 15.2. The number of phenolic OH excluding ortho intramolecular Hbond substituents is 1. The van der Waals surface area contributed by atoms with Gasteiger partial charge in [0.15, 0.2) is 17.3 Å². The molecule has 0 aromatic heterocycles. The first-order valence-corrected chi connectivity index (χ1v) is 10.0. The van der Waals surface area contributed by atoms with Crippen molar-refractivity contribution in [3.8, 4) is 23.0 Å². The first-order valence-electron chi connectivity index (χ1n) is 10.0. The van der Waals surface area contributed by atoms with E-state index in [0.29, 0.717) is 41.0 Å². The second-order valence-electron chi connectivity index (χ2n) is 7.81. The van der Waals surface area contributed by atoms with Crippen molar-refractivity contribution in [3.05, 3.63) is 52.8 Å². The molecule has 1 N–H and O–H groups in total. The van der Waals surface area contributed by atoms with E-state index in [1.165, 1.54) is 6.42 Å². The van der Waals surface area contributed by atoms with Gasteiger partial charge in [-0.15, -0.1) is 0 Å². The van der Waals surface area contributed by atoms with Gasteiger partial charge in [0.2, 0.25) is 12.6 Å². The minimum absolute atomic E-state index is 0.165. The third-order valence-corrected chi connectivity index (χ3v) is 5.91. The van der Waals surface area contributed by atoms with Gasteiger partial charge in [0, 0.05) is 12.6 Å².